The van der Waals surface area contributed by atoms with Gasteiger partial charge in [0.15, 0.2) is 9.84 Å². The topological polar surface area (TPSA) is 111 Å². The van der Waals surface area contributed by atoms with E-state index in [0.717, 1.165) is 17.7 Å². The molecule has 0 bridgehead atoms. The first-order valence-electron chi connectivity index (χ1n) is 10.1. The van der Waals surface area contributed by atoms with Crippen molar-refractivity contribution >= 4 is 9.84 Å². The number of aromatic nitrogens is 4. The normalized spacial score (nSPS) is 11.8. The van der Waals surface area contributed by atoms with Gasteiger partial charge in [0, 0.05) is 36.3 Å². The van der Waals surface area contributed by atoms with Crippen molar-refractivity contribution in [1.82, 2.24) is 25.5 Å². The molecule has 0 atom stereocenters. The molecule has 0 radical (unpaired) electrons. The lowest BCUT2D eigenvalue weighted by Gasteiger charge is -2.08. The van der Waals surface area contributed by atoms with Crippen LogP contribution in [0, 0.1) is 0 Å². The number of benzene rings is 1. The van der Waals surface area contributed by atoms with Gasteiger partial charge in [0.25, 0.3) is 0 Å². The Hall–Kier alpha value is -3.43. The Morgan fingerprint density at radius 2 is 1.59 bits per heavy atom. The van der Waals surface area contributed by atoms with Crippen LogP contribution in [-0.4, -0.2) is 40.9 Å². The maximum atomic E-state index is 12.3. The van der Waals surface area contributed by atoms with Crippen LogP contribution in [0.3, 0.4) is 0 Å². The number of pyridine rings is 2. The zero-order valence-corrected chi connectivity index (χ0v) is 18.8. The van der Waals surface area contributed by atoms with Gasteiger partial charge in [-0.25, -0.2) is 8.42 Å². The van der Waals surface area contributed by atoms with E-state index in [1.807, 2.05) is 37.4 Å². The molecule has 9 heteroatoms. The first-order chi connectivity index (χ1) is 15.4. The highest BCUT2D eigenvalue weighted by Gasteiger charge is 2.19. The molecule has 4 aromatic rings. The zero-order chi connectivity index (χ0) is 22.7. The summed E-state index contributed by atoms with van der Waals surface area (Å²) in [6.45, 7) is 4.07. The van der Waals surface area contributed by atoms with Gasteiger partial charge in [-0.05, 0) is 56.8 Å². The highest BCUT2D eigenvalue weighted by atomic mass is 32.2. The van der Waals surface area contributed by atoms with Gasteiger partial charge in [0.05, 0.1) is 21.4 Å². The van der Waals surface area contributed by atoms with Crippen LogP contribution >= 0.6 is 0 Å². The van der Waals surface area contributed by atoms with E-state index in [1.54, 1.807) is 38.4 Å². The maximum Gasteiger partial charge on any atom is 0.249 e. The molecule has 3 heterocycles. The summed E-state index contributed by atoms with van der Waals surface area (Å²) in [5.41, 5.74) is 3.95. The third-order valence-electron chi connectivity index (χ3n) is 4.97. The molecule has 4 rings (SSSR count). The maximum absolute atomic E-state index is 12.3. The lowest BCUT2D eigenvalue weighted by molar-refractivity contribution is 0.584. The Morgan fingerprint density at radius 1 is 0.906 bits per heavy atom. The lowest BCUT2D eigenvalue weighted by atomic mass is 10.1. The van der Waals surface area contributed by atoms with Crippen molar-refractivity contribution in [3.8, 4) is 34.2 Å². The summed E-state index contributed by atoms with van der Waals surface area (Å²) in [6, 6.07) is 13.0. The summed E-state index contributed by atoms with van der Waals surface area (Å²) in [4.78, 5) is 8.77. The fourth-order valence-corrected chi connectivity index (χ4v) is 4.12. The minimum Gasteiger partial charge on any atom is -0.416 e. The van der Waals surface area contributed by atoms with Crippen LogP contribution in [0.5, 0.6) is 0 Å². The first kappa shape index (κ1) is 21.8. The minimum absolute atomic E-state index is 0.197. The van der Waals surface area contributed by atoms with Gasteiger partial charge >= 0.3 is 0 Å². The molecule has 0 aliphatic rings. The largest absolute Gasteiger partial charge is 0.416 e. The second kappa shape index (κ2) is 8.97. The van der Waals surface area contributed by atoms with Crippen LogP contribution < -0.4 is 5.32 Å². The molecule has 0 saturated heterocycles. The Bertz CT molecular complexity index is 1310. The molecule has 0 aliphatic heterocycles. The molecule has 3 aromatic heterocycles. The van der Waals surface area contributed by atoms with Crippen molar-refractivity contribution in [2.45, 2.75) is 30.5 Å². The fraction of sp³-hybridized carbons (Fsp3) is 0.217. The first-order valence-corrected chi connectivity index (χ1v) is 11.7. The second-order valence-electron chi connectivity index (χ2n) is 7.57. The second-order valence-corrected chi connectivity index (χ2v) is 10.1. The molecule has 0 saturated carbocycles. The lowest BCUT2D eigenvalue weighted by Crippen LogP contribution is -2.14. The van der Waals surface area contributed by atoms with E-state index >= 15 is 0 Å². The average Bonchev–Trinajstić information content (AvgIpc) is 3.30. The third-order valence-corrected chi connectivity index (χ3v) is 7.11. The van der Waals surface area contributed by atoms with Crippen molar-refractivity contribution in [2.24, 2.45) is 0 Å². The molecule has 1 aromatic carbocycles. The molecule has 0 fully saturated rings. The van der Waals surface area contributed by atoms with E-state index in [0.29, 0.717) is 28.6 Å². The van der Waals surface area contributed by atoms with Gasteiger partial charge in [-0.1, -0.05) is 12.1 Å². The molecule has 0 aliphatic carbocycles. The van der Waals surface area contributed by atoms with Crippen molar-refractivity contribution in [3.63, 3.8) is 0 Å². The van der Waals surface area contributed by atoms with Crippen LogP contribution in [0.1, 0.15) is 19.4 Å². The number of nitrogens with one attached hydrogen (secondary N) is 1. The number of hydrogen-bond acceptors (Lipinski definition) is 8. The van der Waals surface area contributed by atoms with E-state index in [2.05, 4.69) is 25.5 Å². The molecule has 1 N–H and O–H groups in total. The average molecular weight is 450 g/mol. The summed E-state index contributed by atoms with van der Waals surface area (Å²) in [6.07, 6.45) is 4.66. The smallest absolute Gasteiger partial charge is 0.249 e. The van der Waals surface area contributed by atoms with Crippen LogP contribution in [0.2, 0.25) is 0 Å². The quantitative estimate of drug-likeness (QED) is 0.454. The van der Waals surface area contributed by atoms with E-state index < -0.39 is 15.1 Å². The number of rotatable bonds is 7. The highest BCUT2D eigenvalue weighted by Crippen LogP contribution is 2.27. The van der Waals surface area contributed by atoms with Gasteiger partial charge in [-0.2, -0.15) is 0 Å². The Morgan fingerprint density at radius 3 is 2.22 bits per heavy atom. The monoisotopic (exact) mass is 449 g/mol. The molecular formula is C23H23N5O3S. The predicted octanol–water partition coefficient (Wildman–Crippen LogP) is 3.76. The predicted molar refractivity (Wildman–Crippen MR) is 121 cm³/mol. The van der Waals surface area contributed by atoms with Crippen molar-refractivity contribution in [2.75, 3.05) is 7.05 Å². The van der Waals surface area contributed by atoms with E-state index in [-0.39, 0.29) is 4.90 Å². The number of nitrogens with zero attached hydrogens (tertiary/aromatic N) is 4. The van der Waals surface area contributed by atoms with E-state index in [1.165, 1.54) is 6.20 Å². The summed E-state index contributed by atoms with van der Waals surface area (Å²) in [7, 11) is -1.47. The van der Waals surface area contributed by atoms with Crippen LogP contribution in [0.4, 0.5) is 0 Å². The number of sulfone groups is 1. The standard InChI is InChI=1S/C23H23N5O3S/c1-15(2)32(29,30)20-8-9-21(26-14-20)18-10-19(13-25-12-18)23-28-27-22(31-23)17-6-4-16(5-7-17)11-24-3/h4-10,12-15,24H,11H2,1-3H3. The summed E-state index contributed by atoms with van der Waals surface area (Å²) < 4.78 is 30.5. The van der Waals surface area contributed by atoms with Gasteiger partial charge in [-0.3, -0.25) is 9.97 Å². The number of hydrogen-bond donors (Lipinski definition) is 1. The molecule has 164 valence electrons. The molecule has 32 heavy (non-hydrogen) atoms. The molecular weight excluding hydrogens is 426 g/mol. The SMILES string of the molecule is CNCc1ccc(-c2nnc(-c3cncc(-c4ccc(S(=O)(=O)C(C)C)cn4)c3)o2)cc1. The molecule has 0 spiro atoms. The molecule has 0 amide bonds. The van der Waals surface area contributed by atoms with Crippen molar-refractivity contribution < 1.29 is 12.8 Å². The van der Waals surface area contributed by atoms with E-state index in [4.69, 9.17) is 4.42 Å². The summed E-state index contributed by atoms with van der Waals surface area (Å²) in [5.74, 6) is 0.760. The zero-order valence-electron chi connectivity index (χ0n) is 18.0. The van der Waals surface area contributed by atoms with Crippen LogP contribution in [0.15, 0.2) is 70.4 Å². The summed E-state index contributed by atoms with van der Waals surface area (Å²) in [5, 5.41) is 10.9. The van der Waals surface area contributed by atoms with Gasteiger partial charge in [0.1, 0.15) is 0 Å². The van der Waals surface area contributed by atoms with E-state index in [9.17, 15) is 8.42 Å². The summed E-state index contributed by atoms with van der Waals surface area (Å²) >= 11 is 0. The van der Waals surface area contributed by atoms with Gasteiger partial charge in [-0.15, -0.1) is 10.2 Å². The Balaban J connectivity index is 1.59. The van der Waals surface area contributed by atoms with Gasteiger partial charge in [0.2, 0.25) is 11.8 Å². The minimum atomic E-state index is -3.37. The Kier molecular flexibility index (Phi) is 6.11. The van der Waals surface area contributed by atoms with Crippen molar-refractivity contribution in [1.29, 1.82) is 0 Å². The Labute approximate surface area is 186 Å². The van der Waals surface area contributed by atoms with Gasteiger partial charge < -0.3 is 9.73 Å². The fourth-order valence-electron chi connectivity index (χ4n) is 3.11. The third kappa shape index (κ3) is 4.44. The van der Waals surface area contributed by atoms with Crippen LogP contribution in [0.25, 0.3) is 34.2 Å². The highest BCUT2D eigenvalue weighted by molar-refractivity contribution is 7.92. The van der Waals surface area contributed by atoms with Crippen LogP contribution in [-0.2, 0) is 16.4 Å². The van der Waals surface area contributed by atoms with Crippen molar-refractivity contribution in [3.05, 3.63) is 66.6 Å². The molecule has 0 unspecified atom stereocenters. The molecule has 8 nitrogen and oxygen atoms in total.